The highest BCUT2D eigenvalue weighted by Crippen LogP contribution is 2.30. The Balaban J connectivity index is 1.86. The summed E-state index contributed by atoms with van der Waals surface area (Å²) >= 11 is 9.83. The Morgan fingerprint density at radius 2 is 1.65 bits per heavy atom. The number of hydrogen-bond donors (Lipinski definition) is 0. The van der Waals surface area contributed by atoms with Gasteiger partial charge in [0.1, 0.15) is 0 Å². The van der Waals surface area contributed by atoms with E-state index in [1.165, 1.54) is 21.9 Å². The van der Waals surface area contributed by atoms with Gasteiger partial charge in [0.05, 0.1) is 0 Å². The predicted octanol–water partition coefficient (Wildman–Crippen LogP) is 6.17. The minimum absolute atomic E-state index is 0.297. The molecule has 0 saturated carbocycles. The summed E-state index contributed by atoms with van der Waals surface area (Å²) in [5, 5.41) is 3.35. The Labute approximate surface area is 132 Å². The maximum absolute atomic E-state index is 6.04. The fourth-order valence-corrected chi connectivity index (χ4v) is 3.26. The van der Waals surface area contributed by atoms with E-state index in [1.807, 2.05) is 18.2 Å². The van der Waals surface area contributed by atoms with E-state index in [0.717, 1.165) is 11.4 Å². The van der Waals surface area contributed by atoms with Crippen molar-refractivity contribution in [3.05, 3.63) is 82.9 Å². The van der Waals surface area contributed by atoms with Gasteiger partial charge in [-0.2, -0.15) is 0 Å². The predicted molar refractivity (Wildman–Crippen MR) is 90.8 cm³/mol. The zero-order valence-corrected chi connectivity index (χ0v) is 13.2. The molecule has 1 unspecified atom stereocenters. The van der Waals surface area contributed by atoms with Gasteiger partial charge in [-0.25, -0.2) is 0 Å². The van der Waals surface area contributed by atoms with Crippen molar-refractivity contribution in [2.24, 2.45) is 0 Å². The highest BCUT2D eigenvalue weighted by atomic mass is 79.9. The number of fused-ring (bicyclic) bond motifs is 1. The number of alkyl halides is 1. The van der Waals surface area contributed by atoms with Gasteiger partial charge in [-0.15, -0.1) is 0 Å². The number of hydrogen-bond acceptors (Lipinski definition) is 0. The first-order valence-electron chi connectivity index (χ1n) is 6.59. The molecule has 0 fully saturated rings. The summed E-state index contributed by atoms with van der Waals surface area (Å²) in [5.74, 6) is 0. The molecule has 0 heterocycles. The molecule has 2 heteroatoms. The standard InChI is InChI=1S/C18H14BrCl/c19-18(11-13-4-3-7-17(20)10-13)16-9-8-14-5-1-2-6-15(14)12-16/h1-10,12,18H,11H2. The molecule has 0 N–H and O–H groups in total. The van der Waals surface area contributed by atoms with Crippen molar-refractivity contribution in [3.63, 3.8) is 0 Å². The molecule has 0 aromatic heterocycles. The first kappa shape index (κ1) is 13.7. The molecule has 0 nitrogen and oxygen atoms in total. The summed E-state index contributed by atoms with van der Waals surface area (Å²) < 4.78 is 0. The molecular weight excluding hydrogens is 332 g/mol. The van der Waals surface area contributed by atoms with Gasteiger partial charge in [-0.1, -0.05) is 82.1 Å². The molecule has 0 bridgehead atoms. The number of rotatable bonds is 3. The maximum Gasteiger partial charge on any atom is 0.0435 e. The van der Waals surface area contributed by atoms with Crippen molar-refractivity contribution in [3.8, 4) is 0 Å². The van der Waals surface area contributed by atoms with E-state index in [2.05, 4.69) is 64.5 Å². The maximum atomic E-state index is 6.04. The molecule has 1 atom stereocenters. The van der Waals surface area contributed by atoms with Crippen molar-refractivity contribution in [2.75, 3.05) is 0 Å². The van der Waals surface area contributed by atoms with Crippen LogP contribution in [0.5, 0.6) is 0 Å². The minimum Gasteiger partial charge on any atom is -0.0843 e. The van der Waals surface area contributed by atoms with Crippen LogP contribution in [0.2, 0.25) is 5.02 Å². The van der Waals surface area contributed by atoms with Gasteiger partial charge in [-0.05, 0) is 40.5 Å². The third-order valence-corrected chi connectivity index (χ3v) is 4.53. The average molecular weight is 346 g/mol. The van der Waals surface area contributed by atoms with Crippen molar-refractivity contribution in [1.82, 2.24) is 0 Å². The third kappa shape index (κ3) is 3.05. The zero-order chi connectivity index (χ0) is 13.9. The van der Waals surface area contributed by atoms with E-state index >= 15 is 0 Å². The second-order valence-electron chi connectivity index (χ2n) is 4.91. The minimum atomic E-state index is 0.297. The van der Waals surface area contributed by atoms with Gasteiger partial charge in [0, 0.05) is 9.85 Å². The Kier molecular flexibility index (Phi) is 4.09. The molecule has 100 valence electrons. The molecule has 3 aromatic rings. The Morgan fingerprint density at radius 1 is 0.850 bits per heavy atom. The summed E-state index contributed by atoms with van der Waals surface area (Å²) in [6.45, 7) is 0. The lowest BCUT2D eigenvalue weighted by Gasteiger charge is -2.11. The second kappa shape index (κ2) is 5.99. The normalized spacial score (nSPS) is 12.5. The first-order chi connectivity index (χ1) is 9.72. The van der Waals surface area contributed by atoms with Crippen molar-refractivity contribution < 1.29 is 0 Å². The summed E-state index contributed by atoms with van der Waals surface area (Å²) in [6.07, 6.45) is 0.929. The van der Waals surface area contributed by atoms with E-state index in [4.69, 9.17) is 11.6 Å². The Bertz CT molecular complexity index is 736. The van der Waals surface area contributed by atoms with Crippen LogP contribution in [0.4, 0.5) is 0 Å². The lowest BCUT2D eigenvalue weighted by molar-refractivity contribution is 0.951. The van der Waals surface area contributed by atoms with Gasteiger partial charge in [0.2, 0.25) is 0 Å². The third-order valence-electron chi connectivity index (χ3n) is 3.44. The SMILES string of the molecule is Clc1cccc(CC(Br)c2ccc3ccccc3c2)c1. The molecule has 0 aliphatic heterocycles. The van der Waals surface area contributed by atoms with Crippen LogP contribution in [-0.2, 0) is 6.42 Å². The highest BCUT2D eigenvalue weighted by molar-refractivity contribution is 9.09. The van der Waals surface area contributed by atoms with Crippen LogP contribution >= 0.6 is 27.5 Å². The van der Waals surface area contributed by atoms with Crippen molar-refractivity contribution in [2.45, 2.75) is 11.2 Å². The lowest BCUT2D eigenvalue weighted by Crippen LogP contribution is -1.95. The Hall–Kier alpha value is -1.31. The van der Waals surface area contributed by atoms with Crippen LogP contribution in [-0.4, -0.2) is 0 Å². The van der Waals surface area contributed by atoms with E-state index in [0.29, 0.717) is 4.83 Å². The average Bonchev–Trinajstić information content (AvgIpc) is 2.47. The fourth-order valence-electron chi connectivity index (χ4n) is 2.39. The molecule has 0 saturated heterocycles. The van der Waals surface area contributed by atoms with Gasteiger partial charge in [0.15, 0.2) is 0 Å². The van der Waals surface area contributed by atoms with E-state index < -0.39 is 0 Å². The van der Waals surface area contributed by atoms with Crippen LogP contribution < -0.4 is 0 Å². The molecule has 0 spiro atoms. The smallest absolute Gasteiger partial charge is 0.0435 e. The van der Waals surface area contributed by atoms with Crippen LogP contribution in [0, 0.1) is 0 Å². The van der Waals surface area contributed by atoms with Gasteiger partial charge in [-0.3, -0.25) is 0 Å². The van der Waals surface area contributed by atoms with Crippen LogP contribution in [0.3, 0.4) is 0 Å². The summed E-state index contributed by atoms with van der Waals surface area (Å²) in [6, 6.07) is 23.1. The monoisotopic (exact) mass is 344 g/mol. The van der Waals surface area contributed by atoms with E-state index in [1.54, 1.807) is 0 Å². The summed E-state index contributed by atoms with van der Waals surface area (Å²) in [5.41, 5.74) is 2.54. The zero-order valence-electron chi connectivity index (χ0n) is 10.9. The lowest BCUT2D eigenvalue weighted by atomic mass is 10.0. The molecular formula is C18H14BrCl. The molecule has 3 rings (SSSR count). The van der Waals surface area contributed by atoms with Crippen molar-refractivity contribution >= 4 is 38.3 Å². The van der Waals surface area contributed by atoms with Crippen LogP contribution in [0.15, 0.2) is 66.7 Å². The van der Waals surface area contributed by atoms with Gasteiger partial charge < -0.3 is 0 Å². The van der Waals surface area contributed by atoms with E-state index in [9.17, 15) is 0 Å². The molecule has 0 aliphatic carbocycles. The molecule has 20 heavy (non-hydrogen) atoms. The van der Waals surface area contributed by atoms with Gasteiger partial charge >= 0.3 is 0 Å². The highest BCUT2D eigenvalue weighted by Gasteiger charge is 2.09. The topological polar surface area (TPSA) is 0 Å². The largest absolute Gasteiger partial charge is 0.0843 e. The number of benzene rings is 3. The summed E-state index contributed by atoms with van der Waals surface area (Å²) in [7, 11) is 0. The van der Waals surface area contributed by atoms with Crippen LogP contribution in [0.25, 0.3) is 10.8 Å². The molecule has 0 amide bonds. The quantitative estimate of drug-likeness (QED) is 0.498. The molecule has 0 aliphatic rings. The number of halogens is 2. The Morgan fingerprint density at radius 3 is 2.45 bits per heavy atom. The second-order valence-corrected chi connectivity index (χ2v) is 6.45. The van der Waals surface area contributed by atoms with E-state index in [-0.39, 0.29) is 0 Å². The molecule has 3 aromatic carbocycles. The van der Waals surface area contributed by atoms with Crippen LogP contribution in [0.1, 0.15) is 16.0 Å². The molecule has 0 radical (unpaired) electrons. The summed E-state index contributed by atoms with van der Waals surface area (Å²) in [4.78, 5) is 0.297. The van der Waals surface area contributed by atoms with Gasteiger partial charge in [0.25, 0.3) is 0 Å². The fraction of sp³-hybridized carbons (Fsp3) is 0.111. The first-order valence-corrected chi connectivity index (χ1v) is 7.89. The van der Waals surface area contributed by atoms with Crippen molar-refractivity contribution in [1.29, 1.82) is 0 Å².